The van der Waals surface area contributed by atoms with Gasteiger partial charge in [-0.15, -0.1) is 0 Å². The highest BCUT2D eigenvalue weighted by atomic mass is 79.9. The lowest BCUT2D eigenvalue weighted by molar-refractivity contribution is 0.193. The van der Waals surface area contributed by atoms with Crippen LogP contribution in [-0.4, -0.2) is 29.4 Å². The van der Waals surface area contributed by atoms with Gasteiger partial charge in [0, 0.05) is 17.9 Å². The molecule has 0 amide bonds. The van der Waals surface area contributed by atoms with Gasteiger partial charge in [-0.3, -0.25) is 0 Å². The molecule has 1 nitrogen and oxygen atoms in total. The highest BCUT2D eigenvalue weighted by Crippen LogP contribution is 2.23. The first-order chi connectivity index (χ1) is 7.75. The molecule has 0 aromatic heterocycles. The molecule has 88 valence electrons. The largest absolute Gasteiger partial charge is 0.303 e. The van der Waals surface area contributed by atoms with Gasteiger partial charge in [0.25, 0.3) is 0 Å². The minimum absolute atomic E-state index is 0.723. The molecule has 1 heterocycles. The summed E-state index contributed by atoms with van der Waals surface area (Å²) in [7, 11) is 0. The Bertz CT molecular complexity index is 312. The van der Waals surface area contributed by atoms with Crippen molar-refractivity contribution >= 4 is 15.9 Å². The predicted molar refractivity (Wildman–Crippen MR) is 73.1 cm³/mol. The lowest BCUT2D eigenvalue weighted by Crippen LogP contribution is -2.40. The van der Waals surface area contributed by atoms with Crippen molar-refractivity contribution in [1.29, 1.82) is 0 Å². The molecule has 2 unspecified atom stereocenters. The van der Waals surface area contributed by atoms with Gasteiger partial charge in [0.1, 0.15) is 0 Å². The molecule has 16 heavy (non-hydrogen) atoms. The number of alkyl halides is 1. The molecule has 0 aliphatic carbocycles. The molecule has 0 spiro atoms. The van der Waals surface area contributed by atoms with E-state index in [0.717, 1.165) is 10.7 Å². The zero-order valence-corrected chi connectivity index (χ0v) is 11.5. The second kappa shape index (κ2) is 5.83. The monoisotopic (exact) mass is 281 g/mol. The summed E-state index contributed by atoms with van der Waals surface area (Å²) in [5.41, 5.74) is 1.45. The van der Waals surface area contributed by atoms with Crippen LogP contribution in [0.15, 0.2) is 30.3 Å². The van der Waals surface area contributed by atoms with Crippen LogP contribution in [0.5, 0.6) is 0 Å². The average Bonchev–Trinajstić information content (AvgIpc) is 2.32. The van der Waals surface area contributed by atoms with Crippen LogP contribution in [0.4, 0.5) is 0 Å². The average molecular weight is 282 g/mol. The van der Waals surface area contributed by atoms with Gasteiger partial charge in [0.15, 0.2) is 0 Å². The zero-order valence-electron chi connectivity index (χ0n) is 9.90. The zero-order chi connectivity index (χ0) is 11.4. The number of halogens is 1. The van der Waals surface area contributed by atoms with Gasteiger partial charge in [0.05, 0.1) is 0 Å². The molecule has 2 heteroatoms. The van der Waals surface area contributed by atoms with Crippen molar-refractivity contribution in [2.45, 2.75) is 24.6 Å². The highest BCUT2D eigenvalue weighted by molar-refractivity contribution is 9.09. The first-order valence-electron chi connectivity index (χ1n) is 6.16. The second-order valence-electron chi connectivity index (χ2n) is 4.82. The van der Waals surface area contributed by atoms with E-state index in [0.29, 0.717) is 0 Å². The minimum atomic E-state index is 0.723. The van der Waals surface area contributed by atoms with E-state index in [1.54, 1.807) is 0 Å². The first kappa shape index (κ1) is 12.1. The van der Waals surface area contributed by atoms with Crippen LogP contribution < -0.4 is 0 Å². The van der Waals surface area contributed by atoms with Crippen molar-refractivity contribution in [2.24, 2.45) is 5.92 Å². The Balaban J connectivity index is 1.79. The molecule has 0 radical (unpaired) electrons. The fraction of sp³-hybridized carbons (Fsp3) is 0.571. The van der Waals surface area contributed by atoms with Crippen molar-refractivity contribution < 1.29 is 0 Å². The standard InChI is InChI=1S/C14H20BrN/c1-12-11-16(10-8-14(12)15)9-7-13-5-3-2-4-6-13/h2-6,12,14H,7-11H2,1H3. The van der Waals surface area contributed by atoms with Crippen molar-refractivity contribution in [3.63, 3.8) is 0 Å². The Hall–Kier alpha value is -0.340. The summed E-state index contributed by atoms with van der Waals surface area (Å²) in [5.74, 6) is 0.782. The summed E-state index contributed by atoms with van der Waals surface area (Å²) in [4.78, 5) is 3.32. The molecular formula is C14H20BrN. The predicted octanol–water partition coefficient (Wildman–Crippen LogP) is 3.33. The molecule has 1 aromatic carbocycles. The third-order valence-electron chi connectivity index (χ3n) is 3.44. The molecule has 2 rings (SSSR count). The van der Waals surface area contributed by atoms with Crippen LogP contribution in [0.1, 0.15) is 18.9 Å². The van der Waals surface area contributed by atoms with Gasteiger partial charge in [0.2, 0.25) is 0 Å². The number of piperidine rings is 1. The number of nitrogens with zero attached hydrogens (tertiary/aromatic N) is 1. The van der Waals surface area contributed by atoms with Gasteiger partial charge in [-0.25, -0.2) is 0 Å². The van der Waals surface area contributed by atoms with Gasteiger partial charge < -0.3 is 4.90 Å². The van der Waals surface area contributed by atoms with Crippen LogP contribution in [-0.2, 0) is 6.42 Å². The molecule has 0 bridgehead atoms. The number of rotatable bonds is 3. The molecule has 1 aliphatic rings. The van der Waals surface area contributed by atoms with E-state index >= 15 is 0 Å². The van der Waals surface area contributed by atoms with Crippen molar-refractivity contribution in [3.05, 3.63) is 35.9 Å². The van der Waals surface area contributed by atoms with E-state index in [2.05, 4.69) is 58.1 Å². The van der Waals surface area contributed by atoms with E-state index in [9.17, 15) is 0 Å². The maximum Gasteiger partial charge on any atom is 0.0195 e. The molecule has 1 aliphatic heterocycles. The van der Waals surface area contributed by atoms with E-state index in [4.69, 9.17) is 0 Å². The lowest BCUT2D eigenvalue weighted by Gasteiger charge is -2.34. The van der Waals surface area contributed by atoms with Crippen molar-refractivity contribution in [2.75, 3.05) is 19.6 Å². The number of likely N-dealkylation sites (tertiary alicyclic amines) is 1. The second-order valence-corrected chi connectivity index (χ2v) is 5.99. The normalized spacial score (nSPS) is 26.9. The van der Waals surface area contributed by atoms with Gasteiger partial charge >= 0.3 is 0 Å². The summed E-state index contributed by atoms with van der Waals surface area (Å²) in [5, 5.41) is 0. The quantitative estimate of drug-likeness (QED) is 0.769. The molecule has 0 N–H and O–H groups in total. The van der Waals surface area contributed by atoms with Crippen molar-refractivity contribution in [1.82, 2.24) is 4.90 Å². The van der Waals surface area contributed by atoms with Crippen LogP contribution in [0, 0.1) is 5.92 Å². The van der Waals surface area contributed by atoms with Crippen LogP contribution in [0.2, 0.25) is 0 Å². The van der Waals surface area contributed by atoms with Gasteiger partial charge in [-0.2, -0.15) is 0 Å². The van der Waals surface area contributed by atoms with Gasteiger partial charge in [-0.1, -0.05) is 53.2 Å². The topological polar surface area (TPSA) is 3.24 Å². The fourth-order valence-electron chi connectivity index (χ4n) is 2.34. The summed E-state index contributed by atoms with van der Waals surface area (Å²) < 4.78 is 0. The Morgan fingerprint density at radius 2 is 2.06 bits per heavy atom. The van der Waals surface area contributed by atoms with E-state index in [-0.39, 0.29) is 0 Å². The summed E-state index contributed by atoms with van der Waals surface area (Å²) in [6.07, 6.45) is 2.47. The third-order valence-corrected chi connectivity index (χ3v) is 4.80. The maximum atomic E-state index is 3.75. The minimum Gasteiger partial charge on any atom is -0.303 e. The van der Waals surface area contributed by atoms with Gasteiger partial charge in [-0.05, 0) is 30.9 Å². The number of hydrogen-bond acceptors (Lipinski definition) is 1. The number of hydrogen-bond donors (Lipinski definition) is 0. The Morgan fingerprint density at radius 3 is 2.75 bits per heavy atom. The Labute approximate surface area is 107 Å². The summed E-state index contributed by atoms with van der Waals surface area (Å²) >= 11 is 3.75. The smallest absolute Gasteiger partial charge is 0.0195 e. The molecule has 1 aromatic rings. The highest BCUT2D eigenvalue weighted by Gasteiger charge is 2.23. The molecule has 0 saturated carbocycles. The molecule has 1 fully saturated rings. The van der Waals surface area contributed by atoms with E-state index in [1.165, 1.54) is 38.0 Å². The first-order valence-corrected chi connectivity index (χ1v) is 7.07. The summed E-state index contributed by atoms with van der Waals surface area (Å²) in [6, 6.07) is 10.8. The fourth-order valence-corrected chi connectivity index (χ4v) is 2.71. The van der Waals surface area contributed by atoms with E-state index < -0.39 is 0 Å². The summed E-state index contributed by atoms with van der Waals surface area (Å²) in [6.45, 7) is 6.03. The van der Waals surface area contributed by atoms with Crippen LogP contribution >= 0.6 is 15.9 Å². The molecule has 2 atom stereocenters. The number of benzene rings is 1. The molecule has 1 saturated heterocycles. The molecular weight excluding hydrogens is 262 g/mol. The SMILES string of the molecule is CC1CN(CCc2ccccc2)CCC1Br. The Morgan fingerprint density at radius 1 is 1.31 bits per heavy atom. The van der Waals surface area contributed by atoms with Crippen LogP contribution in [0.25, 0.3) is 0 Å². The van der Waals surface area contributed by atoms with Crippen molar-refractivity contribution in [3.8, 4) is 0 Å². The third kappa shape index (κ3) is 3.33. The van der Waals surface area contributed by atoms with Crippen LogP contribution in [0.3, 0.4) is 0 Å². The maximum absolute atomic E-state index is 3.75. The van der Waals surface area contributed by atoms with E-state index in [1.807, 2.05) is 0 Å². The lowest BCUT2D eigenvalue weighted by atomic mass is 9.99. The Kier molecular flexibility index (Phi) is 4.42.